The number of hydrogen-bond acceptors (Lipinski definition) is 1. The van der Waals surface area contributed by atoms with Gasteiger partial charge >= 0.3 is 0 Å². The van der Waals surface area contributed by atoms with Crippen LogP contribution in [0.3, 0.4) is 0 Å². The van der Waals surface area contributed by atoms with Crippen LogP contribution in [0, 0.1) is 0 Å². The third-order valence-electron chi connectivity index (χ3n) is 11.8. The van der Waals surface area contributed by atoms with E-state index in [0.29, 0.717) is 5.54 Å². The average Bonchev–Trinajstić information content (AvgIpc) is 3.89. The lowest BCUT2D eigenvalue weighted by molar-refractivity contribution is 0.669. The molecule has 3 nitrogen and oxygen atoms in total. The van der Waals surface area contributed by atoms with Gasteiger partial charge in [-0.3, -0.25) is 0 Å². The molecule has 0 amide bonds. The third kappa shape index (κ3) is 4.19. The van der Waals surface area contributed by atoms with Gasteiger partial charge in [-0.05, 0) is 76.8 Å². The van der Waals surface area contributed by atoms with Gasteiger partial charge < -0.3 is 14.0 Å². The Labute approximate surface area is 302 Å². The van der Waals surface area contributed by atoms with Gasteiger partial charge in [0.15, 0.2) is 8.07 Å². The maximum atomic E-state index is 6.37. The summed E-state index contributed by atoms with van der Waals surface area (Å²) in [6, 6.07) is 51.6. The highest BCUT2D eigenvalue weighted by molar-refractivity contribution is 7.12. The van der Waals surface area contributed by atoms with E-state index in [9.17, 15) is 0 Å². The number of para-hydroxylation sites is 2. The number of H-pyrrole nitrogens is 1. The van der Waals surface area contributed by atoms with Crippen LogP contribution in [0.25, 0.3) is 66.4 Å². The van der Waals surface area contributed by atoms with Crippen molar-refractivity contribution in [2.24, 2.45) is 0 Å². The van der Waals surface area contributed by atoms with E-state index in [1.165, 1.54) is 76.0 Å². The van der Waals surface area contributed by atoms with E-state index >= 15 is 0 Å². The van der Waals surface area contributed by atoms with E-state index in [1.54, 1.807) is 0 Å². The molecule has 1 unspecified atom stereocenters. The monoisotopic (exact) mass is 684 g/mol. The Hall–Kier alpha value is -6.10. The molecule has 1 N–H and O–H groups in total. The van der Waals surface area contributed by atoms with Crippen molar-refractivity contribution in [3.8, 4) is 0 Å². The van der Waals surface area contributed by atoms with Crippen LogP contribution in [0.2, 0.25) is 5.54 Å². The second-order valence-corrected chi connectivity index (χ2v) is 18.5. The maximum absolute atomic E-state index is 6.37. The Morgan fingerprint density at radius 2 is 1.35 bits per heavy atom. The fraction of sp³-hybridized carbons (Fsp3) is 0.0833. The van der Waals surface area contributed by atoms with Gasteiger partial charge in [-0.2, -0.15) is 0 Å². The van der Waals surface area contributed by atoms with Gasteiger partial charge in [0.25, 0.3) is 0 Å². The minimum absolute atomic E-state index is 0.311. The molecule has 1 atom stereocenters. The number of hydrogen-bond donors (Lipinski definition) is 1. The molecule has 0 bridgehead atoms. The van der Waals surface area contributed by atoms with Crippen LogP contribution in [-0.4, -0.2) is 17.6 Å². The number of allylic oxidation sites excluding steroid dienone is 5. The van der Waals surface area contributed by atoms with Gasteiger partial charge in [0.1, 0.15) is 11.2 Å². The summed E-state index contributed by atoms with van der Waals surface area (Å²) in [6.07, 6.45) is 15.2. The average molecular weight is 685 g/mol. The number of furan rings is 1. The Morgan fingerprint density at radius 1 is 0.615 bits per heavy atom. The van der Waals surface area contributed by atoms with E-state index in [2.05, 4.69) is 179 Å². The second kappa shape index (κ2) is 11.5. The van der Waals surface area contributed by atoms with Gasteiger partial charge in [0.05, 0.1) is 5.52 Å². The normalized spacial score (nSPS) is 16.0. The van der Waals surface area contributed by atoms with Crippen molar-refractivity contribution in [1.82, 2.24) is 9.55 Å². The summed E-state index contributed by atoms with van der Waals surface area (Å²) < 4.78 is 8.92. The molecule has 9 aromatic rings. The molecule has 0 spiro atoms. The predicted octanol–water partition coefficient (Wildman–Crippen LogP) is 10.5. The van der Waals surface area contributed by atoms with Gasteiger partial charge in [-0.25, -0.2) is 0 Å². The van der Waals surface area contributed by atoms with E-state index < -0.39 is 8.07 Å². The van der Waals surface area contributed by atoms with Crippen molar-refractivity contribution in [3.63, 3.8) is 0 Å². The molecule has 0 saturated carbocycles. The molecule has 0 fully saturated rings. The summed E-state index contributed by atoms with van der Waals surface area (Å²) in [7, 11) is -2.63. The van der Waals surface area contributed by atoms with Crippen molar-refractivity contribution in [2.75, 3.05) is 0 Å². The van der Waals surface area contributed by atoms with Crippen LogP contribution in [0.4, 0.5) is 0 Å². The van der Waals surface area contributed by atoms with Gasteiger partial charge in [0, 0.05) is 54.9 Å². The van der Waals surface area contributed by atoms with Crippen LogP contribution in [0.15, 0.2) is 168 Å². The van der Waals surface area contributed by atoms with Gasteiger partial charge in [-0.15, -0.1) is 0 Å². The van der Waals surface area contributed by atoms with Crippen molar-refractivity contribution < 1.29 is 4.42 Å². The summed E-state index contributed by atoms with van der Waals surface area (Å²) in [5.41, 5.74) is 9.83. The first kappa shape index (κ1) is 29.6. The number of rotatable bonds is 5. The predicted molar refractivity (Wildman–Crippen MR) is 222 cm³/mol. The van der Waals surface area contributed by atoms with Crippen LogP contribution in [0.5, 0.6) is 0 Å². The lowest BCUT2D eigenvalue weighted by Crippen LogP contribution is -2.69. The van der Waals surface area contributed by atoms with Crippen molar-refractivity contribution in [1.29, 1.82) is 0 Å². The molecule has 52 heavy (non-hydrogen) atoms. The Morgan fingerprint density at radius 3 is 2.13 bits per heavy atom. The summed E-state index contributed by atoms with van der Waals surface area (Å²) in [5, 5.41) is 10.6. The van der Waals surface area contributed by atoms with Gasteiger partial charge in [-0.1, -0.05) is 133 Å². The number of fused-ring (bicyclic) bond motifs is 10. The van der Waals surface area contributed by atoms with Crippen LogP contribution in [0.1, 0.15) is 24.1 Å². The zero-order valence-corrected chi connectivity index (χ0v) is 29.7. The number of nitrogens with zero attached hydrogens (tertiary/aromatic N) is 1. The quantitative estimate of drug-likeness (QED) is 0.142. The van der Waals surface area contributed by atoms with Crippen molar-refractivity contribution in [2.45, 2.75) is 24.8 Å². The summed E-state index contributed by atoms with van der Waals surface area (Å²) in [4.78, 5) is 3.67. The fourth-order valence-electron chi connectivity index (χ4n) is 9.55. The highest BCUT2D eigenvalue weighted by atomic mass is 28.3. The first-order chi connectivity index (χ1) is 25.8. The minimum Gasteiger partial charge on any atom is -0.456 e. The first-order valence-electron chi connectivity index (χ1n) is 18.4. The summed E-state index contributed by atoms with van der Waals surface area (Å²) in [5.74, 6) is 0. The molecule has 11 rings (SSSR count). The maximum Gasteiger partial charge on any atom is 0.155 e. The molecule has 2 aliphatic rings. The molecule has 0 radical (unpaired) electrons. The molecule has 0 saturated heterocycles. The number of aromatic nitrogens is 2. The van der Waals surface area contributed by atoms with Crippen molar-refractivity contribution >= 4 is 90.1 Å². The van der Waals surface area contributed by atoms with E-state index in [-0.39, 0.29) is 0 Å². The summed E-state index contributed by atoms with van der Waals surface area (Å²) >= 11 is 0. The number of benzene rings is 6. The Kier molecular flexibility index (Phi) is 6.52. The topological polar surface area (TPSA) is 33.9 Å². The second-order valence-electron chi connectivity index (χ2n) is 14.4. The van der Waals surface area contributed by atoms with Crippen LogP contribution >= 0.6 is 0 Å². The molecule has 4 heteroatoms. The van der Waals surface area contributed by atoms with E-state index in [1.807, 2.05) is 0 Å². The molecule has 3 aromatic heterocycles. The summed E-state index contributed by atoms with van der Waals surface area (Å²) in [6.45, 7) is 0. The number of aromatic amines is 1. The molecule has 6 aromatic carbocycles. The van der Waals surface area contributed by atoms with E-state index in [0.717, 1.165) is 30.4 Å². The van der Waals surface area contributed by atoms with E-state index in [4.69, 9.17) is 4.42 Å². The molecular weight excluding hydrogens is 649 g/mol. The van der Waals surface area contributed by atoms with Crippen molar-refractivity contribution in [3.05, 3.63) is 175 Å². The highest BCUT2D eigenvalue weighted by Gasteiger charge is 2.46. The highest BCUT2D eigenvalue weighted by Crippen LogP contribution is 2.43. The van der Waals surface area contributed by atoms with Crippen LogP contribution < -0.4 is 15.6 Å². The SMILES string of the molecule is C1=Cc2c(n(C3=CCC([Si](c4ccccc4)(c4ccccc4)c4ccc5[nH]c6ccccc6c5c4)C=C3)c3ccc4oc5ccccc5c4c23)CC1. The fourth-order valence-corrected chi connectivity index (χ4v) is 14.8. The minimum atomic E-state index is -2.63. The smallest absolute Gasteiger partial charge is 0.155 e. The van der Waals surface area contributed by atoms with Crippen LogP contribution in [-0.2, 0) is 6.42 Å². The largest absolute Gasteiger partial charge is 0.456 e. The molecule has 248 valence electrons. The molecular formula is C48H36N2OSi. The lowest BCUT2D eigenvalue weighted by Gasteiger charge is -2.40. The number of nitrogens with one attached hydrogen (secondary N) is 1. The third-order valence-corrected chi connectivity index (χ3v) is 17.0. The standard InChI is InChI=1S/C48H36N2OSi/c1-3-13-33(14-4-1)52(34-15-5-2-6-16-34,36-27-28-42-40(31-36)37-17-7-10-20-41(37)49-42)35-25-23-32(24-26-35)50-43-21-11-8-18-38(43)47-44(50)29-30-46-48(47)39-19-9-12-22-45(39)51-46/h1-10,12-20,22-25,27-31,35,49H,11,21,26H2. The molecule has 2 aliphatic carbocycles. The first-order valence-corrected chi connectivity index (χ1v) is 20.5. The molecule has 0 aliphatic heterocycles. The van der Waals surface area contributed by atoms with Gasteiger partial charge in [0.2, 0.25) is 0 Å². The zero-order chi connectivity index (χ0) is 34.2. The lowest BCUT2D eigenvalue weighted by atomic mass is 9.99. The molecule has 3 heterocycles. The Bertz CT molecular complexity index is 2900. The zero-order valence-electron chi connectivity index (χ0n) is 28.7. The Balaban J connectivity index is 1.11.